The summed E-state index contributed by atoms with van der Waals surface area (Å²) in [6.45, 7) is 1.66. The molecule has 0 saturated carbocycles. The van der Waals surface area contributed by atoms with E-state index < -0.39 is 5.63 Å². The van der Waals surface area contributed by atoms with Gasteiger partial charge in [-0.25, -0.2) is 4.79 Å². The Balaban J connectivity index is 1.46. The number of amides is 1. The molecule has 0 spiro atoms. The zero-order chi connectivity index (χ0) is 23.0. The van der Waals surface area contributed by atoms with Crippen LogP contribution < -0.4 is 15.7 Å². The van der Waals surface area contributed by atoms with Crippen molar-refractivity contribution in [2.24, 2.45) is 0 Å². The van der Waals surface area contributed by atoms with Gasteiger partial charge in [-0.15, -0.1) is 0 Å². The number of hydrogen-bond acceptors (Lipinski definition) is 5. The van der Waals surface area contributed by atoms with Gasteiger partial charge < -0.3 is 19.4 Å². The van der Waals surface area contributed by atoms with Crippen LogP contribution in [0.15, 0.2) is 94.1 Å². The van der Waals surface area contributed by atoms with E-state index in [2.05, 4.69) is 5.32 Å². The Morgan fingerprint density at radius 3 is 2.58 bits per heavy atom. The largest absolute Gasteiger partial charge is 0.497 e. The predicted molar refractivity (Wildman–Crippen MR) is 130 cm³/mol. The SMILES string of the molecule is COc1cccc(C(=O)N(CCCNc2cc(=O)oc3ccccc23)Cc2ccccc2)c1. The standard InChI is InChI=1S/C27H26N2O4/c1-32-22-12-7-11-21(17-22)27(31)29(19-20-9-3-2-4-10-20)16-8-15-28-24-18-26(30)33-25-14-6-5-13-23(24)25/h2-7,9-14,17-18,28H,8,15-16,19H2,1H3. The molecule has 0 aliphatic rings. The molecule has 0 atom stereocenters. The van der Waals surface area contributed by atoms with Crippen LogP contribution in [0.5, 0.6) is 5.75 Å². The number of nitrogens with zero attached hydrogens (tertiary/aromatic N) is 1. The van der Waals surface area contributed by atoms with Crippen LogP contribution in [0, 0.1) is 0 Å². The molecular weight excluding hydrogens is 416 g/mol. The molecule has 0 aliphatic carbocycles. The zero-order valence-electron chi connectivity index (χ0n) is 18.5. The third kappa shape index (κ3) is 5.60. The van der Waals surface area contributed by atoms with Crippen LogP contribution in [0.3, 0.4) is 0 Å². The highest BCUT2D eigenvalue weighted by molar-refractivity contribution is 5.94. The van der Waals surface area contributed by atoms with E-state index in [4.69, 9.17) is 9.15 Å². The fourth-order valence-corrected chi connectivity index (χ4v) is 3.75. The molecule has 1 amide bonds. The molecule has 1 heterocycles. The van der Waals surface area contributed by atoms with Crippen molar-refractivity contribution in [3.8, 4) is 5.75 Å². The summed E-state index contributed by atoms with van der Waals surface area (Å²) in [7, 11) is 1.59. The summed E-state index contributed by atoms with van der Waals surface area (Å²) in [5, 5.41) is 4.18. The lowest BCUT2D eigenvalue weighted by molar-refractivity contribution is 0.0742. The lowest BCUT2D eigenvalue weighted by Crippen LogP contribution is -2.32. The Hall–Kier alpha value is -4.06. The Morgan fingerprint density at radius 2 is 1.76 bits per heavy atom. The van der Waals surface area contributed by atoms with Gasteiger partial charge in [-0.1, -0.05) is 48.5 Å². The Morgan fingerprint density at radius 1 is 0.970 bits per heavy atom. The summed E-state index contributed by atoms with van der Waals surface area (Å²) in [5.74, 6) is 0.598. The first-order chi connectivity index (χ1) is 16.1. The van der Waals surface area contributed by atoms with Gasteiger partial charge in [0, 0.05) is 36.7 Å². The molecule has 0 fully saturated rings. The third-order valence-corrected chi connectivity index (χ3v) is 5.39. The molecule has 6 nitrogen and oxygen atoms in total. The zero-order valence-corrected chi connectivity index (χ0v) is 18.5. The van der Waals surface area contributed by atoms with E-state index in [1.165, 1.54) is 6.07 Å². The molecule has 4 aromatic rings. The minimum absolute atomic E-state index is 0.0523. The Labute approximate surface area is 192 Å². The quantitative estimate of drug-likeness (QED) is 0.293. The van der Waals surface area contributed by atoms with Crippen LogP contribution in [0.2, 0.25) is 0 Å². The number of benzene rings is 3. The van der Waals surface area contributed by atoms with E-state index in [0.29, 0.717) is 43.0 Å². The maximum atomic E-state index is 13.3. The molecule has 0 saturated heterocycles. The van der Waals surface area contributed by atoms with Gasteiger partial charge in [-0.05, 0) is 42.3 Å². The molecule has 0 bridgehead atoms. The number of methoxy groups -OCH3 is 1. The maximum Gasteiger partial charge on any atom is 0.338 e. The van der Waals surface area contributed by atoms with Crippen LogP contribution in [-0.2, 0) is 6.54 Å². The molecule has 0 unspecified atom stereocenters. The van der Waals surface area contributed by atoms with Crippen molar-refractivity contribution < 1.29 is 13.9 Å². The van der Waals surface area contributed by atoms with Gasteiger partial charge in [0.1, 0.15) is 11.3 Å². The van der Waals surface area contributed by atoms with Gasteiger partial charge in [0.25, 0.3) is 5.91 Å². The van der Waals surface area contributed by atoms with Gasteiger partial charge in [0.05, 0.1) is 12.8 Å². The number of ether oxygens (including phenoxy) is 1. The molecule has 3 aromatic carbocycles. The van der Waals surface area contributed by atoms with Crippen molar-refractivity contribution >= 4 is 22.6 Å². The number of fused-ring (bicyclic) bond motifs is 1. The molecule has 1 aromatic heterocycles. The molecule has 168 valence electrons. The van der Waals surface area contributed by atoms with E-state index in [9.17, 15) is 9.59 Å². The van der Waals surface area contributed by atoms with E-state index in [-0.39, 0.29) is 5.91 Å². The molecule has 0 aliphatic heterocycles. The number of para-hydroxylation sites is 1. The van der Waals surface area contributed by atoms with Crippen molar-refractivity contribution in [2.45, 2.75) is 13.0 Å². The average Bonchev–Trinajstić information content (AvgIpc) is 2.86. The highest BCUT2D eigenvalue weighted by atomic mass is 16.5. The number of rotatable bonds is 9. The highest BCUT2D eigenvalue weighted by Crippen LogP contribution is 2.21. The average molecular weight is 443 g/mol. The number of nitrogens with one attached hydrogen (secondary N) is 1. The molecule has 1 N–H and O–H groups in total. The summed E-state index contributed by atoms with van der Waals surface area (Å²) in [5.41, 5.74) is 2.54. The van der Waals surface area contributed by atoms with Crippen LogP contribution in [-0.4, -0.2) is 31.0 Å². The fourth-order valence-electron chi connectivity index (χ4n) is 3.75. The van der Waals surface area contributed by atoms with Crippen LogP contribution in [0.25, 0.3) is 11.0 Å². The van der Waals surface area contributed by atoms with Gasteiger partial charge in [0.15, 0.2) is 0 Å². The number of carbonyl (C=O) groups is 1. The monoisotopic (exact) mass is 442 g/mol. The summed E-state index contributed by atoms with van der Waals surface area (Å²) in [4.78, 5) is 27.0. The highest BCUT2D eigenvalue weighted by Gasteiger charge is 2.17. The Bertz CT molecular complexity index is 1280. The van der Waals surface area contributed by atoms with Crippen LogP contribution in [0.1, 0.15) is 22.3 Å². The normalized spacial score (nSPS) is 10.7. The second kappa shape index (κ2) is 10.5. The number of hydrogen-bond donors (Lipinski definition) is 1. The van der Waals surface area contributed by atoms with Crippen LogP contribution >= 0.6 is 0 Å². The molecule has 4 rings (SSSR count). The molecule has 33 heavy (non-hydrogen) atoms. The maximum absolute atomic E-state index is 13.3. The smallest absolute Gasteiger partial charge is 0.338 e. The van der Waals surface area contributed by atoms with E-state index in [1.807, 2.05) is 65.6 Å². The first-order valence-corrected chi connectivity index (χ1v) is 10.9. The van der Waals surface area contributed by atoms with Gasteiger partial charge in [0.2, 0.25) is 0 Å². The predicted octanol–water partition coefficient (Wildman–Crippen LogP) is 4.95. The summed E-state index contributed by atoms with van der Waals surface area (Å²) in [6, 6.07) is 26.0. The van der Waals surface area contributed by atoms with Gasteiger partial charge in [-0.2, -0.15) is 0 Å². The lowest BCUT2D eigenvalue weighted by Gasteiger charge is -2.23. The molecule has 0 radical (unpaired) electrons. The van der Waals surface area contributed by atoms with Crippen molar-refractivity contribution in [3.05, 3.63) is 106 Å². The number of carbonyl (C=O) groups excluding carboxylic acids is 1. The fraction of sp³-hybridized carbons (Fsp3) is 0.185. The Kier molecular flexibility index (Phi) is 7.05. The second-order valence-corrected chi connectivity index (χ2v) is 7.70. The summed E-state index contributed by atoms with van der Waals surface area (Å²) < 4.78 is 10.5. The van der Waals surface area contributed by atoms with E-state index in [0.717, 1.165) is 16.6 Å². The first-order valence-electron chi connectivity index (χ1n) is 10.9. The lowest BCUT2D eigenvalue weighted by atomic mass is 10.1. The second-order valence-electron chi connectivity index (χ2n) is 7.70. The van der Waals surface area contributed by atoms with Gasteiger partial charge in [-0.3, -0.25) is 4.79 Å². The van der Waals surface area contributed by atoms with Crippen molar-refractivity contribution in [2.75, 3.05) is 25.5 Å². The topological polar surface area (TPSA) is 71.8 Å². The minimum atomic E-state index is -0.393. The van der Waals surface area contributed by atoms with Crippen LogP contribution in [0.4, 0.5) is 5.69 Å². The minimum Gasteiger partial charge on any atom is -0.497 e. The number of anilines is 1. The van der Waals surface area contributed by atoms with Crippen molar-refractivity contribution in [1.82, 2.24) is 4.90 Å². The van der Waals surface area contributed by atoms with E-state index >= 15 is 0 Å². The summed E-state index contributed by atoms with van der Waals surface area (Å²) in [6.07, 6.45) is 0.705. The molecular formula is C27H26N2O4. The van der Waals surface area contributed by atoms with Gasteiger partial charge >= 0.3 is 5.63 Å². The third-order valence-electron chi connectivity index (χ3n) is 5.39. The van der Waals surface area contributed by atoms with Crippen molar-refractivity contribution in [1.29, 1.82) is 0 Å². The van der Waals surface area contributed by atoms with Crippen molar-refractivity contribution in [3.63, 3.8) is 0 Å². The summed E-state index contributed by atoms with van der Waals surface area (Å²) >= 11 is 0. The first kappa shape index (κ1) is 22.1. The van der Waals surface area contributed by atoms with E-state index in [1.54, 1.807) is 25.3 Å². The molecule has 6 heteroatoms.